The summed E-state index contributed by atoms with van der Waals surface area (Å²) >= 11 is 1.55. The van der Waals surface area contributed by atoms with Gasteiger partial charge in [0.2, 0.25) is 10.8 Å². The molecule has 25 heavy (non-hydrogen) atoms. The normalized spacial score (nSPS) is 25.3. The van der Waals surface area contributed by atoms with Crippen molar-refractivity contribution in [1.82, 2.24) is 14.6 Å². The van der Waals surface area contributed by atoms with Crippen LogP contribution in [0.25, 0.3) is 4.96 Å². The van der Waals surface area contributed by atoms with Crippen LogP contribution in [0.3, 0.4) is 0 Å². The summed E-state index contributed by atoms with van der Waals surface area (Å²) in [6.45, 7) is 9.03. The Morgan fingerprint density at radius 3 is 2.52 bits per heavy atom. The number of hydrogen-bond acceptors (Lipinski definition) is 4. The summed E-state index contributed by atoms with van der Waals surface area (Å²) in [6.07, 6.45) is 2.78. The fourth-order valence-corrected chi connectivity index (χ4v) is 5.40. The number of aryl methyl sites for hydroxylation is 1. The molecule has 0 saturated carbocycles. The maximum atomic E-state index is 10.8. The molecule has 132 valence electrons. The number of rotatable bonds is 3. The zero-order chi connectivity index (χ0) is 17.6. The fraction of sp³-hybridized carbons (Fsp3) is 0.474. The van der Waals surface area contributed by atoms with Crippen LogP contribution in [0.1, 0.15) is 42.3 Å². The summed E-state index contributed by atoms with van der Waals surface area (Å²) in [5.74, 6) is 1.62. The molecule has 4 rings (SSSR count). The van der Waals surface area contributed by atoms with Gasteiger partial charge in [-0.25, -0.2) is 4.98 Å². The Balaban J connectivity index is 1.81. The lowest BCUT2D eigenvalue weighted by Crippen LogP contribution is -3.14. The molecule has 0 bridgehead atoms. The third-order valence-corrected chi connectivity index (χ3v) is 6.34. The van der Waals surface area contributed by atoms with Crippen LogP contribution in [0.4, 0.5) is 0 Å². The second-order valence-corrected chi connectivity index (χ2v) is 8.61. The highest BCUT2D eigenvalue weighted by atomic mass is 32.1. The number of aromatic hydroxyl groups is 1. The van der Waals surface area contributed by atoms with Gasteiger partial charge in [0.1, 0.15) is 11.2 Å². The summed E-state index contributed by atoms with van der Waals surface area (Å²) < 4.78 is 1.55. The smallest absolute Gasteiger partial charge is 0.235 e. The highest BCUT2D eigenvalue weighted by molar-refractivity contribution is 7.17. The van der Waals surface area contributed by atoms with Gasteiger partial charge >= 0.3 is 0 Å². The number of nitrogens with zero attached hydrogens (tertiary/aromatic N) is 3. The lowest BCUT2D eigenvalue weighted by atomic mass is 9.89. The third-order valence-electron chi connectivity index (χ3n) is 5.25. The van der Waals surface area contributed by atoms with E-state index >= 15 is 0 Å². The quantitative estimate of drug-likeness (QED) is 0.757. The van der Waals surface area contributed by atoms with Crippen molar-refractivity contribution in [3.63, 3.8) is 0 Å². The minimum atomic E-state index is 0.124. The molecule has 0 amide bonds. The highest BCUT2D eigenvalue weighted by Gasteiger charge is 2.36. The molecule has 3 heterocycles. The van der Waals surface area contributed by atoms with Crippen LogP contribution >= 0.6 is 11.3 Å². The number of thiazole rings is 1. The first-order chi connectivity index (χ1) is 12.0. The predicted octanol–water partition coefficient (Wildman–Crippen LogP) is 2.46. The average Bonchev–Trinajstić information content (AvgIpc) is 3.13. The number of aromatic nitrogens is 3. The van der Waals surface area contributed by atoms with Gasteiger partial charge in [0, 0.05) is 17.4 Å². The number of benzene rings is 1. The summed E-state index contributed by atoms with van der Waals surface area (Å²) in [5.41, 5.74) is 2.51. The first kappa shape index (κ1) is 16.5. The first-order valence-electron chi connectivity index (χ1n) is 8.95. The Hall–Kier alpha value is -1.92. The number of fused-ring (bicyclic) bond motifs is 1. The maximum Gasteiger partial charge on any atom is 0.235 e. The molecule has 3 atom stereocenters. The van der Waals surface area contributed by atoms with E-state index in [1.165, 1.54) is 28.8 Å². The van der Waals surface area contributed by atoms with Gasteiger partial charge < -0.3 is 10.0 Å². The molecule has 0 spiro atoms. The lowest BCUT2D eigenvalue weighted by molar-refractivity contribution is -0.936. The van der Waals surface area contributed by atoms with E-state index < -0.39 is 0 Å². The monoisotopic (exact) mass is 357 g/mol. The molecule has 0 radical (unpaired) electrons. The molecule has 3 aromatic rings. The van der Waals surface area contributed by atoms with E-state index in [9.17, 15) is 5.11 Å². The van der Waals surface area contributed by atoms with Gasteiger partial charge in [0.05, 0.1) is 13.1 Å². The topological polar surface area (TPSA) is 54.9 Å². The molecule has 5 nitrogen and oxygen atoms in total. The maximum absolute atomic E-state index is 10.8. The van der Waals surface area contributed by atoms with Gasteiger partial charge in [-0.1, -0.05) is 55.0 Å². The Labute approximate surface area is 151 Å². The summed E-state index contributed by atoms with van der Waals surface area (Å²) in [5, 5.41) is 14.9. The summed E-state index contributed by atoms with van der Waals surface area (Å²) in [6, 6.07) is 8.84. The molecule has 1 saturated heterocycles. The highest BCUT2D eigenvalue weighted by Crippen LogP contribution is 2.35. The molecule has 0 unspecified atom stereocenters. The van der Waals surface area contributed by atoms with Crippen molar-refractivity contribution < 1.29 is 10.0 Å². The van der Waals surface area contributed by atoms with Crippen LogP contribution in [-0.4, -0.2) is 32.8 Å². The van der Waals surface area contributed by atoms with Crippen molar-refractivity contribution in [3.05, 3.63) is 46.6 Å². The fourth-order valence-electron chi connectivity index (χ4n) is 4.28. The minimum Gasteiger partial charge on any atom is -0.492 e. The van der Waals surface area contributed by atoms with Crippen LogP contribution in [0.15, 0.2) is 30.6 Å². The van der Waals surface area contributed by atoms with Gasteiger partial charge in [0.15, 0.2) is 6.04 Å². The lowest BCUT2D eigenvalue weighted by Gasteiger charge is -2.37. The predicted molar refractivity (Wildman–Crippen MR) is 99.2 cm³/mol. The molecule has 6 heteroatoms. The molecule has 2 aromatic heterocycles. The van der Waals surface area contributed by atoms with Crippen molar-refractivity contribution >= 4 is 16.3 Å². The van der Waals surface area contributed by atoms with E-state index in [-0.39, 0.29) is 11.9 Å². The van der Waals surface area contributed by atoms with Crippen molar-refractivity contribution in [2.24, 2.45) is 11.8 Å². The minimum absolute atomic E-state index is 0.124. The van der Waals surface area contributed by atoms with E-state index in [2.05, 4.69) is 55.1 Å². The standard InChI is InChI=1S/C19H24N4OS/c1-12-4-6-15(7-5-12)16(22-9-13(2)8-14(3)10-22)17-18(24)23-19(25-17)20-11-21-23/h4-7,11,13-14,16,24H,8-10H2,1-3H3/p+1/t13-,14-,16-/m0/s1. The number of piperidine rings is 1. The van der Waals surface area contributed by atoms with Gasteiger partial charge in [0.25, 0.3) is 0 Å². The zero-order valence-corrected chi connectivity index (χ0v) is 15.8. The molecular formula is C19H25N4OS+. The van der Waals surface area contributed by atoms with Crippen LogP contribution in [0, 0.1) is 18.8 Å². The van der Waals surface area contributed by atoms with Gasteiger partial charge in [-0.15, -0.1) is 0 Å². The Morgan fingerprint density at radius 1 is 1.20 bits per heavy atom. The second-order valence-electron chi connectivity index (χ2n) is 7.60. The van der Waals surface area contributed by atoms with Crippen LogP contribution in [0.5, 0.6) is 5.88 Å². The molecule has 1 aromatic carbocycles. The van der Waals surface area contributed by atoms with Crippen molar-refractivity contribution in [1.29, 1.82) is 0 Å². The number of hydrogen-bond donors (Lipinski definition) is 2. The molecule has 1 aliphatic heterocycles. The molecule has 1 fully saturated rings. The first-order valence-corrected chi connectivity index (χ1v) is 9.77. The SMILES string of the molecule is Cc1ccc([C@@H](c2sc3ncnn3c2O)[NH+]2C[C@@H](C)C[C@H](C)C2)cc1. The van der Waals surface area contributed by atoms with Crippen molar-refractivity contribution in [3.8, 4) is 5.88 Å². The Morgan fingerprint density at radius 2 is 1.88 bits per heavy atom. The number of likely N-dealkylation sites (tertiary alicyclic amines) is 1. The molecular weight excluding hydrogens is 332 g/mol. The Kier molecular flexibility index (Phi) is 4.25. The van der Waals surface area contributed by atoms with E-state index in [1.54, 1.807) is 15.9 Å². The van der Waals surface area contributed by atoms with Crippen LogP contribution in [0.2, 0.25) is 0 Å². The Bertz CT molecular complexity index is 859. The van der Waals surface area contributed by atoms with Crippen LogP contribution in [-0.2, 0) is 0 Å². The van der Waals surface area contributed by atoms with Crippen molar-refractivity contribution in [2.45, 2.75) is 33.2 Å². The van der Waals surface area contributed by atoms with E-state index in [0.717, 1.165) is 22.9 Å². The second kappa shape index (κ2) is 6.42. The number of nitrogens with one attached hydrogen (secondary N) is 1. The average molecular weight is 358 g/mol. The molecule has 2 N–H and O–H groups in total. The van der Waals surface area contributed by atoms with Gasteiger partial charge in [-0.05, 0) is 13.3 Å². The summed E-state index contributed by atoms with van der Waals surface area (Å²) in [7, 11) is 0. The van der Waals surface area contributed by atoms with Crippen molar-refractivity contribution in [2.75, 3.05) is 13.1 Å². The van der Waals surface area contributed by atoms with E-state index in [4.69, 9.17) is 0 Å². The largest absolute Gasteiger partial charge is 0.492 e. The summed E-state index contributed by atoms with van der Waals surface area (Å²) in [4.78, 5) is 7.51. The van der Waals surface area contributed by atoms with E-state index in [0.29, 0.717) is 11.8 Å². The molecule has 0 aliphatic carbocycles. The van der Waals surface area contributed by atoms with E-state index in [1.807, 2.05) is 0 Å². The zero-order valence-electron chi connectivity index (χ0n) is 14.9. The molecule has 1 aliphatic rings. The van der Waals surface area contributed by atoms with Gasteiger partial charge in [-0.2, -0.15) is 9.61 Å². The number of quaternary nitrogens is 1. The third kappa shape index (κ3) is 3.04. The van der Waals surface area contributed by atoms with Gasteiger partial charge in [-0.3, -0.25) is 0 Å². The van der Waals surface area contributed by atoms with Crippen LogP contribution < -0.4 is 4.90 Å².